The van der Waals surface area contributed by atoms with Crippen LogP contribution in [0.15, 0.2) is 36.4 Å². The average Bonchev–Trinajstić information content (AvgIpc) is 3.33. The van der Waals surface area contributed by atoms with E-state index in [0.717, 1.165) is 24.2 Å². The first-order valence-electron chi connectivity index (χ1n) is 8.66. The lowest BCUT2D eigenvalue weighted by Crippen LogP contribution is -2.41. The standard InChI is InChI=1S/C19H24N4O2/c1-13(2)20-18(24)12-22(3)19(25)17-11-16(14-9-10-14)21-23(17)15-7-5-4-6-8-15/h4-8,11,13-14H,9-10,12H2,1-3H3,(H,20,24). The minimum atomic E-state index is -0.206. The van der Waals surface area contributed by atoms with E-state index in [1.807, 2.05) is 50.2 Å². The second-order valence-electron chi connectivity index (χ2n) is 6.86. The van der Waals surface area contributed by atoms with Gasteiger partial charge in [0.05, 0.1) is 17.9 Å². The summed E-state index contributed by atoms with van der Waals surface area (Å²) in [5.74, 6) is 0.0762. The summed E-state index contributed by atoms with van der Waals surface area (Å²) < 4.78 is 1.69. The molecule has 1 aromatic heterocycles. The zero-order chi connectivity index (χ0) is 18.0. The van der Waals surface area contributed by atoms with Crippen LogP contribution in [0, 0.1) is 0 Å². The largest absolute Gasteiger partial charge is 0.352 e. The molecule has 0 saturated heterocycles. The van der Waals surface area contributed by atoms with Crippen LogP contribution in [0.4, 0.5) is 0 Å². The van der Waals surface area contributed by atoms with Crippen molar-refractivity contribution >= 4 is 11.8 Å². The number of nitrogens with one attached hydrogen (secondary N) is 1. The first-order valence-corrected chi connectivity index (χ1v) is 8.66. The highest BCUT2D eigenvalue weighted by Crippen LogP contribution is 2.39. The SMILES string of the molecule is CC(C)NC(=O)CN(C)C(=O)c1cc(C2CC2)nn1-c1ccccc1. The molecule has 3 rings (SSSR count). The summed E-state index contributed by atoms with van der Waals surface area (Å²) in [7, 11) is 1.64. The molecule has 6 heteroatoms. The maximum absolute atomic E-state index is 12.9. The van der Waals surface area contributed by atoms with Crippen LogP contribution in [0.3, 0.4) is 0 Å². The summed E-state index contributed by atoms with van der Waals surface area (Å²) in [6.07, 6.45) is 2.23. The van der Waals surface area contributed by atoms with Gasteiger partial charge in [0.15, 0.2) is 0 Å². The van der Waals surface area contributed by atoms with Crippen molar-refractivity contribution in [1.29, 1.82) is 0 Å². The molecule has 0 radical (unpaired) electrons. The van der Waals surface area contributed by atoms with Gasteiger partial charge in [-0.2, -0.15) is 5.10 Å². The van der Waals surface area contributed by atoms with Crippen molar-refractivity contribution in [2.75, 3.05) is 13.6 Å². The lowest BCUT2D eigenvalue weighted by Gasteiger charge is -2.18. The molecule has 0 aliphatic heterocycles. The molecule has 1 aliphatic carbocycles. The van der Waals surface area contributed by atoms with E-state index in [0.29, 0.717) is 11.6 Å². The Labute approximate surface area is 147 Å². The fourth-order valence-corrected chi connectivity index (χ4v) is 2.75. The van der Waals surface area contributed by atoms with Gasteiger partial charge in [-0.3, -0.25) is 9.59 Å². The summed E-state index contributed by atoms with van der Waals surface area (Å²) in [6.45, 7) is 3.81. The minimum Gasteiger partial charge on any atom is -0.352 e. The number of aromatic nitrogens is 2. The van der Waals surface area contributed by atoms with E-state index in [1.165, 1.54) is 4.90 Å². The Morgan fingerprint density at radius 1 is 1.28 bits per heavy atom. The summed E-state index contributed by atoms with van der Waals surface area (Å²) in [4.78, 5) is 26.3. The lowest BCUT2D eigenvalue weighted by molar-refractivity contribution is -0.122. The van der Waals surface area contributed by atoms with Gasteiger partial charge in [-0.05, 0) is 44.9 Å². The Balaban J connectivity index is 1.85. The third-order valence-electron chi connectivity index (χ3n) is 4.12. The number of benzene rings is 1. The van der Waals surface area contributed by atoms with Crippen LogP contribution < -0.4 is 5.32 Å². The van der Waals surface area contributed by atoms with E-state index in [4.69, 9.17) is 0 Å². The number of nitrogens with zero attached hydrogens (tertiary/aromatic N) is 3. The smallest absolute Gasteiger partial charge is 0.272 e. The molecule has 1 heterocycles. The number of hydrogen-bond acceptors (Lipinski definition) is 3. The number of carbonyl (C=O) groups excluding carboxylic acids is 2. The third-order valence-corrected chi connectivity index (χ3v) is 4.12. The number of amides is 2. The van der Waals surface area contributed by atoms with Gasteiger partial charge in [0.1, 0.15) is 5.69 Å². The Morgan fingerprint density at radius 3 is 2.56 bits per heavy atom. The van der Waals surface area contributed by atoms with Crippen molar-refractivity contribution in [2.45, 2.75) is 38.6 Å². The molecule has 2 amide bonds. The second-order valence-corrected chi connectivity index (χ2v) is 6.86. The third kappa shape index (κ3) is 4.07. The monoisotopic (exact) mass is 340 g/mol. The lowest BCUT2D eigenvalue weighted by atomic mass is 10.2. The second kappa shape index (κ2) is 7.09. The number of hydrogen-bond donors (Lipinski definition) is 1. The van der Waals surface area contributed by atoms with Crippen LogP contribution in [0.5, 0.6) is 0 Å². The number of likely N-dealkylation sites (N-methyl/N-ethyl adjacent to an activating group) is 1. The maximum atomic E-state index is 12.9. The Bertz CT molecular complexity index is 763. The van der Waals surface area contributed by atoms with Crippen LogP contribution >= 0.6 is 0 Å². The van der Waals surface area contributed by atoms with Crippen molar-refractivity contribution < 1.29 is 9.59 Å². The first-order chi connectivity index (χ1) is 12.0. The fourth-order valence-electron chi connectivity index (χ4n) is 2.75. The minimum absolute atomic E-state index is 0.0236. The first kappa shape index (κ1) is 17.2. The van der Waals surface area contributed by atoms with E-state index in [1.54, 1.807) is 11.7 Å². The Morgan fingerprint density at radius 2 is 1.96 bits per heavy atom. The van der Waals surface area contributed by atoms with E-state index in [-0.39, 0.29) is 24.4 Å². The van der Waals surface area contributed by atoms with E-state index < -0.39 is 0 Å². The Kier molecular flexibility index (Phi) is 4.88. The van der Waals surface area contributed by atoms with Crippen LogP contribution in [0.1, 0.15) is 48.8 Å². The summed E-state index contributed by atoms with van der Waals surface area (Å²) in [5, 5.41) is 7.45. The van der Waals surface area contributed by atoms with Gasteiger partial charge in [0, 0.05) is 19.0 Å². The molecule has 1 N–H and O–H groups in total. The molecule has 1 saturated carbocycles. The predicted molar refractivity (Wildman–Crippen MR) is 95.8 cm³/mol. The van der Waals surface area contributed by atoms with Gasteiger partial charge in [-0.15, -0.1) is 0 Å². The maximum Gasteiger partial charge on any atom is 0.272 e. The molecule has 6 nitrogen and oxygen atoms in total. The highest BCUT2D eigenvalue weighted by atomic mass is 16.2. The molecular weight excluding hydrogens is 316 g/mol. The molecule has 2 aromatic rings. The number of para-hydroxylation sites is 1. The van der Waals surface area contributed by atoms with E-state index in [2.05, 4.69) is 10.4 Å². The molecule has 0 unspecified atom stereocenters. The summed E-state index contributed by atoms with van der Waals surface area (Å²) in [5.41, 5.74) is 2.29. The summed E-state index contributed by atoms with van der Waals surface area (Å²) >= 11 is 0. The molecule has 1 aliphatic rings. The van der Waals surface area contributed by atoms with Gasteiger partial charge in [-0.1, -0.05) is 18.2 Å². The van der Waals surface area contributed by atoms with Crippen molar-refractivity contribution in [2.24, 2.45) is 0 Å². The van der Waals surface area contributed by atoms with Crippen LogP contribution in [-0.2, 0) is 4.79 Å². The predicted octanol–water partition coefficient (Wildman–Crippen LogP) is 2.35. The topological polar surface area (TPSA) is 67.2 Å². The van der Waals surface area contributed by atoms with Crippen molar-refractivity contribution in [1.82, 2.24) is 20.0 Å². The molecule has 0 bridgehead atoms. The van der Waals surface area contributed by atoms with Crippen LogP contribution in [0.25, 0.3) is 5.69 Å². The zero-order valence-electron chi connectivity index (χ0n) is 14.9. The molecule has 1 aromatic carbocycles. The molecule has 0 spiro atoms. The molecular formula is C19H24N4O2. The van der Waals surface area contributed by atoms with Crippen LogP contribution in [-0.4, -0.2) is 46.1 Å². The molecule has 1 fully saturated rings. The van der Waals surface area contributed by atoms with E-state index >= 15 is 0 Å². The molecule has 25 heavy (non-hydrogen) atoms. The molecule has 0 atom stereocenters. The van der Waals surface area contributed by atoms with Gasteiger partial charge in [0.2, 0.25) is 5.91 Å². The van der Waals surface area contributed by atoms with Gasteiger partial charge < -0.3 is 10.2 Å². The zero-order valence-corrected chi connectivity index (χ0v) is 14.9. The highest BCUT2D eigenvalue weighted by Gasteiger charge is 2.30. The Hall–Kier alpha value is -2.63. The van der Waals surface area contributed by atoms with Crippen molar-refractivity contribution in [3.8, 4) is 5.69 Å². The quantitative estimate of drug-likeness (QED) is 0.878. The highest BCUT2D eigenvalue weighted by molar-refractivity contribution is 5.95. The van der Waals surface area contributed by atoms with Gasteiger partial charge in [0.25, 0.3) is 5.91 Å². The van der Waals surface area contributed by atoms with Gasteiger partial charge >= 0.3 is 0 Å². The normalized spacial score (nSPS) is 13.8. The van der Waals surface area contributed by atoms with Crippen molar-refractivity contribution in [3.63, 3.8) is 0 Å². The number of carbonyl (C=O) groups is 2. The summed E-state index contributed by atoms with van der Waals surface area (Å²) in [6, 6.07) is 11.5. The fraction of sp³-hybridized carbons (Fsp3) is 0.421. The van der Waals surface area contributed by atoms with Gasteiger partial charge in [-0.25, -0.2) is 4.68 Å². The van der Waals surface area contributed by atoms with Crippen LogP contribution in [0.2, 0.25) is 0 Å². The average molecular weight is 340 g/mol. The number of rotatable bonds is 6. The van der Waals surface area contributed by atoms with Crippen molar-refractivity contribution in [3.05, 3.63) is 47.8 Å². The molecule has 132 valence electrons. The van der Waals surface area contributed by atoms with E-state index in [9.17, 15) is 9.59 Å².